The van der Waals surface area contributed by atoms with Gasteiger partial charge in [0.1, 0.15) is 0 Å². The average Bonchev–Trinajstić information content (AvgIpc) is 2.32. The summed E-state index contributed by atoms with van der Waals surface area (Å²) in [4.78, 5) is 10.3. The lowest BCUT2D eigenvalue weighted by molar-refractivity contribution is -0.137. The van der Waals surface area contributed by atoms with Crippen LogP contribution in [0.15, 0.2) is 36.0 Å². The standard InChI is InChI=1S/C11H14O2/c12-11(13)9-5-8-10-6-3-1-2-4-7-10/h1,3-4,6-7H,2,5,8-9H2,(H,12,13). The van der Waals surface area contributed by atoms with E-state index in [4.69, 9.17) is 5.11 Å². The van der Waals surface area contributed by atoms with Crippen molar-refractivity contribution >= 4 is 5.97 Å². The zero-order chi connectivity index (χ0) is 9.52. The third kappa shape index (κ3) is 4.31. The minimum Gasteiger partial charge on any atom is -0.481 e. The molecule has 0 aromatic heterocycles. The maximum Gasteiger partial charge on any atom is 0.303 e. The van der Waals surface area contributed by atoms with E-state index in [9.17, 15) is 4.79 Å². The molecule has 0 saturated carbocycles. The van der Waals surface area contributed by atoms with Crippen LogP contribution >= 0.6 is 0 Å². The molecule has 0 atom stereocenters. The molecular formula is C11H14O2. The highest BCUT2D eigenvalue weighted by Crippen LogP contribution is 2.12. The van der Waals surface area contributed by atoms with Crippen molar-refractivity contribution < 1.29 is 9.90 Å². The summed E-state index contributed by atoms with van der Waals surface area (Å²) < 4.78 is 0. The van der Waals surface area contributed by atoms with E-state index < -0.39 is 5.97 Å². The Morgan fingerprint density at radius 3 is 3.08 bits per heavy atom. The SMILES string of the molecule is O=C(O)CCCC1=CC=CCC=C1. The van der Waals surface area contributed by atoms with Gasteiger partial charge in [-0.1, -0.05) is 30.4 Å². The minimum absolute atomic E-state index is 0.259. The van der Waals surface area contributed by atoms with Crippen molar-refractivity contribution in [1.29, 1.82) is 0 Å². The summed E-state index contributed by atoms with van der Waals surface area (Å²) in [5.41, 5.74) is 1.22. The van der Waals surface area contributed by atoms with E-state index >= 15 is 0 Å². The Morgan fingerprint density at radius 2 is 2.31 bits per heavy atom. The second kappa shape index (κ2) is 5.36. The molecule has 2 heteroatoms. The number of hydrogen-bond acceptors (Lipinski definition) is 1. The van der Waals surface area contributed by atoms with Crippen LogP contribution < -0.4 is 0 Å². The van der Waals surface area contributed by atoms with Crippen LogP contribution in [0.3, 0.4) is 0 Å². The number of carboxylic acids is 1. The Kier molecular flexibility index (Phi) is 4.03. The van der Waals surface area contributed by atoms with Gasteiger partial charge in [-0.2, -0.15) is 0 Å². The highest BCUT2D eigenvalue weighted by molar-refractivity contribution is 5.66. The van der Waals surface area contributed by atoms with Crippen molar-refractivity contribution in [3.63, 3.8) is 0 Å². The maximum atomic E-state index is 10.3. The van der Waals surface area contributed by atoms with Crippen molar-refractivity contribution in [1.82, 2.24) is 0 Å². The predicted molar refractivity (Wildman–Crippen MR) is 52.5 cm³/mol. The molecule has 13 heavy (non-hydrogen) atoms. The number of rotatable bonds is 4. The van der Waals surface area contributed by atoms with Gasteiger partial charge in [0.25, 0.3) is 0 Å². The summed E-state index contributed by atoms with van der Waals surface area (Å²) in [6, 6.07) is 0. The van der Waals surface area contributed by atoms with Crippen molar-refractivity contribution in [3.8, 4) is 0 Å². The van der Waals surface area contributed by atoms with Crippen molar-refractivity contribution in [3.05, 3.63) is 36.0 Å². The third-order valence-electron chi connectivity index (χ3n) is 1.91. The number of aliphatic carboxylic acids is 1. The fraction of sp³-hybridized carbons (Fsp3) is 0.364. The molecule has 0 saturated heterocycles. The fourth-order valence-electron chi connectivity index (χ4n) is 1.23. The molecule has 0 radical (unpaired) electrons. The van der Waals surface area contributed by atoms with Gasteiger partial charge >= 0.3 is 5.97 Å². The minimum atomic E-state index is -0.714. The first-order valence-electron chi connectivity index (χ1n) is 4.53. The van der Waals surface area contributed by atoms with E-state index in [-0.39, 0.29) is 6.42 Å². The largest absolute Gasteiger partial charge is 0.481 e. The van der Waals surface area contributed by atoms with Gasteiger partial charge in [-0.25, -0.2) is 0 Å². The molecule has 2 nitrogen and oxygen atoms in total. The van der Waals surface area contributed by atoms with Crippen molar-refractivity contribution in [2.75, 3.05) is 0 Å². The molecule has 0 fully saturated rings. The lowest BCUT2D eigenvalue weighted by atomic mass is 10.1. The van der Waals surface area contributed by atoms with Crippen LogP contribution in [0.1, 0.15) is 25.7 Å². The molecule has 0 aliphatic heterocycles. The fourth-order valence-corrected chi connectivity index (χ4v) is 1.23. The number of carboxylic acid groups (broad SMARTS) is 1. The van der Waals surface area contributed by atoms with E-state index in [1.165, 1.54) is 5.57 Å². The number of allylic oxidation sites excluding steroid dienone is 6. The predicted octanol–water partition coefficient (Wildman–Crippen LogP) is 2.68. The lowest BCUT2D eigenvalue weighted by Gasteiger charge is -1.98. The molecule has 1 rings (SSSR count). The molecule has 0 aromatic rings. The molecule has 70 valence electrons. The van der Waals surface area contributed by atoms with Gasteiger partial charge in [0.15, 0.2) is 0 Å². The van der Waals surface area contributed by atoms with E-state index in [1.54, 1.807) is 0 Å². The smallest absolute Gasteiger partial charge is 0.303 e. The van der Waals surface area contributed by atoms with E-state index in [1.807, 2.05) is 12.2 Å². The van der Waals surface area contributed by atoms with Crippen LogP contribution in [0.2, 0.25) is 0 Å². The average molecular weight is 178 g/mol. The molecule has 0 unspecified atom stereocenters. The Morgan fingerprint density at radius 1 is 1.46 bits per heavy atom. The van der Waals surface area contributed by atoms with E-state index in [2.05, 4.69) is 18.2 Å². The molecule has 0 spiro atoms. The summed E-state index contributed by atoms with van der Waals surface area (Å²) in [7, 11) is 0. The molecule has 0 bridgehead atoms. The Labute approximate surface area is 78.3 Å². The Bertz CT molecular complexity index is 259. The van der Waals surface area contributed by atoms with Gasteiger partial charge in [0.05, 0.1) is 0 Å². The van der Waals surface area contributed by atoms with Crippen molar-refractivity contribution in [2.24, 2.45) is 0 Å². The molecule has 1 aliphatic rings. The molecular weight excluding hydrogens is 164 g/mol. The van der Waals surface area contributed by atoms with Crippen LogP contribution in [-0.2, 0) is 4.79 Å². The van der Waals surface area contributed by atoms with Gasteiger partial charge in [-0.3, -0.25) is 4.79 Å². The molecule has 1 aliphatic carbocycles. The third-order valence-corrected chi connectivity index (χ3v) is 1.91. The van der Waals surface area contributed by atoms with Crippen LogP contribution in [0, 0.1) is 0 Å². The quantitative estimate of drug-likeness (QED) is 0.718. The number of hydrogen-bond donors (Lipinski definition) is 1. The second-order valence-corrected chi connectivity index (χ2v) is 3.06. The first-order chi connectivity index (χ1) is 6.29. The highest BCUT2D eigenvalue weighted by Gasteiger charge is 1.98. The lowest BCUT2D eigenvalue weighted by Crippen LogP contribution is -1.93. The first-order valence-corrected chi connectivity index (χ1v) is 4.53. The first kappa shape index (κ1) is 9.78. The molecule has 0 amide bonds. The molecule has 0 aromatic carbocycles. The van der Waals surface area contributed by atoms with Gasteiger partial charge in [0, 0.05) is 6.42 Å². The normalized spacial score (nSPS) is 15.2. The Balaban J connectivity index is 2.31. The zero-order valence-corrected chi connectivity index (χ0v) is 7.57. The maximum absolute atomic E-state index is 10.3. The summed E-state index contributed by atoms with van der Waals surface area (Å²) >= 11 is 0. The van der Waals surface area contributed by atoms with Crippen LogP contribution in [0.4, 0.5) is 0 Å². The summed E-state index contributed by atoms with van der Waals surface area (Å²) in [6.45, 7) is 0. The van der Waals surface area contributed by atoms with E-state index in [0.29, 0.717) is 0 Å². The van der Waals surface area contributed by atoms with Gasteiger partial charge < -0.3 is 5.11 Å². The van der Waals surface area contributed by atoms with Crippen LogP contribution in [0.25, 0.3) is 0 Å². The monoisotopic (exact) mass is 178 g/mol. The van der Waals surface area contributed by atoms with Gasteiger partial charge in [0.2, 0.25) is 0 Å². The van der Waals surface area contributed by atoms with Gasteiger partial charge in [-0.15, -0.1) is 0 Å². The van der Waals surface area contributed by atoms with E-state index in [0.717, 1.165) is 19.3 Å². The van der Waals surface area contributed by atoms with Crippen molar-refractivity contribution in [2.45, 2.75) is 25.7 Å². The summed E-state index contributed by atoms with van der Waals surface area (Å²) in [5.74, 6) is -0.714. The van der Waals surface area contributed by atoms with Crippen LogP contribution in [-0.4, -0.2) is 11.1 Å². The Hall–Kier alpha value is -1.31. The van der Waals surface area contributed by atoms with Crippen LogP contribution in [0.5, 0.6) is 0 Å². The molecule has 0 heterocycles. The topological polar surface area (TPSA) is 37.3 Å². The number of carbonyl (C=O) groups is 1. The second-order valence-electron chi connectivity index (χ2n) is 3.06. The molecule has 1 N–H and O–H groups in total. The zero-order valence-electron chi connectivity index (χ0n) is 7.57. The summed E-state index contributed by atoms with van der Waals surface area (Å²) in [5, 5.41) is 8.45. The summed E-state index contributed by atoms with van der Waals surface area (Å²) in [6.07, 6.45) is 13.1. The highest BCUT2D eigenvalue weighted by atomic mass is 16.4. The van der Waals surface area contributed by atoms with Gasteiger partial charge in [-0.05, 0) is 24.8 Å².